The van der Waals surface area contributed by atoms with Crippen molar-refractivity contribution in [3.63, 3.8) is 0 Å². The van der Waals surface area contributed by atoms with E-state index in [0.29, 0.717) is 28.4 Å². The molecule has 0 aliphatic carbocycles. The lowest BCUT2D eigenvalue weighted by molar-refractivity contribution is -0.152. The molecule has 0 saturated heterocycles. The summed E-state index contributed by atoms with van der Waals surface area (Å²) in [6.07, 6.45) is 5.70. The van der Waals surface area contributed by atoms with Crippen LogP contribution in [0.2, 0.25) is 10.0 Å². The van der Waals surface area contributed by atoms with Gasteiger partial charge in [0.25, 0.3) is 0 Å². The Morgan fingerprint density at radius 2 is 1.62 bits per heavy atom. The van der Waals surface area contributed by atoms with E-state index >= 15 is 0 Å². The molecule has 0 amide bonds. The van der Waals surface area contributed by atoms with Gasteiger partial charge in [-0.3, -0.25) is 0 Å². The molecular weight excluding hydrogens is 574 g/mol. The number of rotatable bonds is 8. The average Bonchev–Trinajstić information content (AvgIpc) is 3.25. The van der Waals surface area contributed by atoms with E-state index in [1.165, 1.54) is 37.3 Å². The number of nitrogens with zero attached hydrogens (tertiary/aromatic N) is 1. The highest BCUT2D eigenvalue weighted by Crippen LogP contribution is 2.38. The molecule has 0 aliphatic rings. The minimum atomic E-state index is -4.37. The van der Waals surface area contributed by atoms with Crippen molar-refractivity contribution in [3.8, 4) is 29.2 Å². The zero-order chi connectivity index (χ0) is 30.0. The maximum atomic E-state index is 12.8. The predicted octanol–water partition coefficient (Wildman–Crippen LogP) is 8.11. The van der Waals surface area contributed by atoms with Gasteiger partial charge in [-0.05, 0) is 70.7 Å². The lowest BCUT2D eigenvalue weighted by Gasteiger charge is -2.23. The van der Waals surface area contributed by atoms with Crippen LogP contribution < -0.4 is 4.74 Å². The summed E-state index contributed by atoms with van der Waals surface area (Å²) >= 11 is 14.2. The predicted molar refractivity (Wildman–Crippen MR) is 151 cm³/mol. The summed E-state index contributed by atoms with van der Waals surface area (Å²) in [5, 5.41) is 17.9. The van der Waals surface area contributed by atoms with E-state index in [4.69, 9.17) is 33.0 Å². The van der Waals surface area contributed by atoms with E-state index in [2.05, 4.69) is 17.8 Å². The fourth-order valence-corrected chi connectivity index (χ4v) is 4.77. The Hall–Kier alpha value is -2.77. The van der Waals surface area contributed by atoms with E-state index in [9.17, 15) is 23.1 Å². The number of aliphatic hydroxyl groups is 1. The molecule has 3 aromatic rings. The molecule has 0 aliphatic heterocycles. The Labute approximate surface area is 240 Å². The Morgan fingerprint density at radius 1 is 1.05 bits per heavy atom. The van der Waals surface area contributed by atoms with Crippen LogP contribution in [-0.2, 0) is 23.8 Å². The maximum Gasteiger partial charge on any atom is 0.416 e. The van der Waals surface area contributed by atoms with Gasteiger partial charge in [-0.2, -0.15) is 13.2 Å². The van der Waals surface area contributed by atoms with Crippen LogP contribution in [0.3, 0.4) is 0 Å². The lowest BCUT2D eigenvalue weighted by Crippen LogP contribution is -2.38. The van der Waals surface area contributed by atoms with Crippen molar-refractivity contribution in [1.29, 1.82) is 0 Å². The number of terminal acetylenes is 1. The highest BCUT2D eigenvalue weighted by molar-refractivity contribution is 7.15. The summed E-state index contributed by atoms with van der Waals surface area (Å²) in [6.45, 7) is 6.65. The van der Waals surface area contributed by atoms with Crippen LogP contribution in [0.25, 0.3) is 10.6 Å². The summed E-state index contributed by atoms with van der Waals surface area (Å²) in [4.78, 5) is 16.8. The largest absolute Gasteiger partial charge is 0.478 e. The summed E-state index contributed by atoms with van der Waals surface area (Å²) in [5.74, 6) is -0.929. The number of benzene rings is 2. The SMILES string of the molecule is C#C.CCO.Cc1nc(-c2ccc(C(F)(F)F)cc2)sc1CCCc1ccc(OC(C)(C)C(=O)O)c(Cl)c1Cl. The third-order valence-corrected chi connectivity index (χ3v) is 7.38. The Morgan fingerprint density at radius 3 is 2.13 bits per heavy atom. The van der Waals surface area contributed by atoms with E-state index in [1.807, 2.05) is 6.92 Å². The molecule has 0 atom stereocenters. The summed E-state index contributed by atoms with van der Waals surface area (Å²) in [7, 11) is 0. The molecule has 0 unspecified atom stereocenters. The van der Waals surface area contributed by atoms with Crippen molar-refractivity contribution >= 4 is 40.5 Å². The molecule has 2 N–H and O–H groups in total. The van der Waals surface area contributed by atoms with Crippen LogP contribution in [0.5, 0.6) is 5.75 Å². The molecule has 0 spiro atoms. The molecule has 1 aromatic heterocycles. The van der Waals surface area contributed by atoms with E-state index in [1.54, 1.807) is 19.1 Å². The standard InChI is InChI=1S/C24H22Cl2F3NO3S.C2H6O.C2H2/c1-13-18(34-21(30-13)15-7-10-16(11-8-15)24(27,28)29)6-4-5-14-9-12-17(20(26)19(14)25)33-23(2,3)22(31)32;1-2-3;1-2/h7-12H,4-6H2,1-3H3,(H,31,32);3H,2H2,1H3;1-2H. The molecular formula is C28H30Cl2F3NO4S. The molecule has 0 saturated carbocycles. The van der Waals surface area contributed by atoms with Crippen LogP contribution in [0.15, 0.2) is 36.4 Å². The van der Waals surface area contributed by atoms with Gasteiger partial charge in [0.05, 0.1) is 16.3 Å². The first-order chi connectivity index (χ1) is 18.2. The van der Waals surface area contributed by atoms with Crippen LogP contribution in [0.1, 0.15) is 48.9 Å². The number of aliphatic carboxylic acids is 1. The zero-order valence-electron chi connectivity index (χ0n) is 21.9. The highest BCUT2D eigenvalue weighted by atomic mass is 35.5. The number of alkyl halides is 3. The fourth-order valence-electron chi connectivity index (χ4n) is 3.19. The van der Waals surface area contributed by atoms with Gasteiger partial charge in [0.2, 0.25) is 0 Å². The van der Waals surface area contributed by atoms with Crippen molar-refractivity contribution in [2.75, 3.05) is 6.61 Å². The second-order valence-electron chi connectivity index (χ2n) is 8.54. The Balaban J connectivity index is 0.00000142. The summed E-state index contributed by atoms with van der Waals surface area (Å²) in [5.41, 5.74) is 0.134. The van der Waals surface area contributed by atoms with Crippen LogP contribution >= 0.6 is 34.5 Å². The van der Waals surface area contributed by atoms with Crippen LogP contribution in [-0.4, -0.2) is 33.4 Å². The average molecular weight is 605 g/mol. The first kappa shape index (κ1) is 34.3. The Kier molecular flexibility index (Phi) is 13.3. The number of aryl methyl sites for hydroxylation is 3. The van der Waals surface area contributed by atoms with Gasteiger partial charge in [-0.25, -0.2) is 9.78 Å². The molecule has 5 nitrogen and oxygen atoms in total. The monoisotopic (exact) mass is 603 g/mol. The number of hydrogen-bond donors (Lipinski definition) is 2. The van der Waals surface area contributed by atoms with Gasteiger partial charge in [0.1, 0.15) is 15.8 Å². The third kappa shape index (κ3) is 9.73. The molecule has 11 heteroatoms. The first-order valence-corrected chi connectivity index (χ1v) is 13.3. The number of halogens is 5. The minimum Gasteiger partial charge on any atom is -0.478 e. The molecule has 39 heavy (non-hydrogen) atoms. The maximum absolute atomic E-state index is 12.8. The second-order valence-corrected chi connectivity index (χ2v) is 10.4. The van der Waals surface area contributed by atoms with Crippen molar-refractivity contribution in [1.82, 2.24) is 4.98 Å². The summed E-state index contributed by atoms with van der Waals surface area (Å²) in [6, 6.07) is 8.35. The van der Waals surface area contributed by atoms with Crippen LogP contribution in [0.4, 0.5) is 13.2 Å². The number of carbonyl (C=O) groups is 1. The third-order valence-electron chi connectivity index (χ3n) is 5.21. The number of hydrogen-bond acceptors (Lipinski definition) is 5. The lowest BCUT2D eigenvalue weighted by atomic mass is 10.1. The number of carboxylic acid groups (broad SMARTS) is 1. The molecule has 0 fully saturated rings. The second kappa shape index (κ2) is 15.1. The molecule has 1 heterocycles. The van der Waals surface area contributed by atoms with Gasteiger partial charge < -0.3 is 14.9 Å². The van der Waals surface area contributed by atoms with E-state index in [-0.39, 0.29) is 17.4 Å². The molecule has 3 rings (SSSR count). The van der Waals surface area contributed by atoms with Crippen LogP contribution in [0, 0.1) is 19.8 Å². The highest BCUT2D eigenvalue weighted by Gasteiger charge is 2.31. The normalized spacial score (nSPS) is 11.1. The smallest absolute Gasteiger partial charge is 0.416 e. The van der Waals surface area contributed by atoms with Gasteiger partial charge in [-0.15, -0.1) is 24.2 Å². The number of aliphatic hydroxyl groups excluding tert-OH is 1. The van der Waals surface area contributed by atoms with E-state index < -0.39 is 23.3 Å². The van der Waals surface area contributed by atoms with Gasteiger partial charge in [0, 0.05) is 17.0 Å². The minimum absolute atomic E-state index is 0.159. The number of aromatic nitrogens is 1. The zero-order valence-corrected chi connectivity index (χ0v) is 24.2. The Bertz CT molecular complexity index is 1260. The molecule has 212 valence electrons. The van der Waals surface area contributed by atoms with E-state index in [0.717, 1.165) is 34.7 Å². The first-order valence-electron chi connectivity index (χ1n) is 11.7. The van der Waals surface area contributed by atoms with Crippen molar-refractivity contribution in [2.45, 2.75) is 58.7 Å². The molecule has 0 bridgehead atoms. The molecule has 2 aromatic carbocycles. The van der Waals surface area contributed by atoms with Gasteiger partial charge in [0.15, 0.2) is 5.60 Å². The fraction of sp³-hybridized carbons (Fsp3) is 0.357. The number of thiazole rings is 1. The number of carboxylic acids is 1. The summed E-state index contributed by atoms with van der Waals surface area (Å²) < 4.78 is 43.9. The van der Waals surface area contributed by atoms with Crippen molar-refractivity contribution < 1.29 is 32.9 Å². The topological polar surface area (TPSA) is 79.7 Å². The number of ether oxygens (including phenoxy) is 1. The van der Waals surface area contributed by atoms with Gasteiger partial charge >= 0.3 is 12.1 Å². The quantitative estimate of drug-likeness (QED) is 0.254. The molecule has 0 radical (unpaired) electrons. The van der Waals surface area contributed by atoms with Gasteiger partial charge in [-0.1, -0.05) is 41.4 Å². The van der Waals surface area contributed by atoms with Crippen molar-refractivity contribution in [2.24, 2.45) is 0 Å². The van der Waals surface area contributed by atoms with Crippen molar-refractivity contribution in [3.05, 3.63) is 68.1 Å².